The molecule has 3 heterocycles. The number of hydrogen-bond acceptors (Lipinski definition) is 7. The lowest BCUT2D eigenvalue weighted by Crippen LogP contribution is -2.45. The second-order valence-electron chi connectivity index (χ2n) is 6.15. The van der Waals surface area contributed by atoms with Gasteiger partial charge in [0.05, 0.1) is 13.2 Å². The molecule has 4 atom stereocenters. The summed E-state index contributed by atoms with van der Waals surface area (Å²) in [5.41, 5.74) is 0. The maximum atomic E-state index is 5.84. The van der Waals surface area contributed by atoms with Crippen LogP contribution >= 0.6 is 12.2 Å². The molecule has 3 saturated heterocycles. The lowest BCUT2D eigenvalue weighted by atomic mass is 10.0. The van der Waals surface area contributed by atoms with Crippen LogP contribution < -0.4 is 0 Å². The number of rotatable bonds is 2. The third kappa shape index (κ3) is 2.78. The molecular formula is C13H20O6S. The molecule has 3 aliphatic rings. The maximum Gasteiger partial charge on any atom is 0.353 e. The number of hydrogen-bond donors (Lipinski definition) is 0. The Labute approximate surface area is 123 Å². The molecule has 0 amide bonds. The summed E-state index contributed by atoms with van der Waals surface area (Å²) in [6.07, 6.45) is -1.15. The molecule has 3 fully saturated rings. The van der Waals surface area contributed by atoms with Gasteiger partial charge in [-0.05, 0) is 27.7 Å². The van der Waals surface area contributed by atoms with Gasteiger partial charge in [-0.2, -0.15) is 0 Å². The van der Waals surface area contributed by atoms with E-state index in [2.05, 4.69) is 0 Å². The molecule has 0 unspecified atom stereocenters. The first-order valence-corrected chi connectivity index (χ1v) is 7.17. The number of ether oxygens (including phenoxy) is 6. The van der Waals surface area contributed by atoms with E-state index in [4.69, 9.17) is 40.6 Å². The lowest BCUT2D eigenvalue weighted by molar-refractivity contribution is -0.165. The minimum Gasteiger partial charge on any atom is -0.447 e. The van der Waals surface area contributed by atoms with Gasteiger partial charge >= 0.3 is 5.24 Å². The van der Waals surface area contributed by atoms with Crippen molar-refractivity contribution >= 4 is 17.5 Å². The van der Waals surface area contributed by atoms with Crippen LogP contribution in [0.15, 0.2) is 0 Å². The van der Waals surface area contributed by atoms with E-state index in [9.17, 15) is 0 Å². The Kier molecular flexibility index (Phi) is 3.45. The standard InChI is InChI=1S/C13H20O6S/c1-12(2)14-5-7(18-12)9-10(17-11(20)16-9)8-6-15-13(3,4)19-8/h7-10H,5-6H2,1-4H3/t7-,8-,9-,10-/m1/s1. The van der Waals surface area contributed by atoms with E-state index in [1.165, 1.54) is 0 Å². The van der Waals surface area contributed by atoms with Gasteiger partial charge in [-0.3, -0.25) is 0 Å². The van der Waals surface area contributed by atoms with Gasteiger partial charge in [0.15, 0.2) is 23.8 Å². The first kappa shape index (κ1) is 14.5. The minimum atomic E-state index is -0.616. The van der Waals surface area contributed by atoms with Crippen molar-refractivity contribution in [3.63, 3.8) is 0 Å². The first-order valence-electron chi connectivity index (χ1n) is 6.77. The molecule has 3 aliphatic heterocycles. The van der Waals surface area contributed by atoms with Crippen LogP contribution in [-0.4, -0.2) is 54.4 Å². The lowest BCUT2D eigenvalue weighted by Gasteiger charge is -2.26. The molecule has 0 aromatic heterocycles. The van der Waals surface area contributed by atoms with Gasteiger partial charge in [0.1, 0.15) is 12.2 Å². The molecule has 0 radical (unpaired) electrons. The minimum absolute atomic E-state index is 0.126. The van der Waals surface area contributed by atoms with Crippen molar-refractivity contribution in [2.75, 3.05) is 13.2 Å². The van der Waals surface area contributed by atoms with Crippen LogP contribution in [0.3, 0.4) is 0 Å². The molecular weight excluding hydrogens is 284 g/mol. The number of thiocarbonyl (C=S) groups is 1. The van der Waals surface area contributed by atoms with Gasteiger partial charge in [0.2, 0.25) is 0 Å². The smallest absolute Gasteiger partial charge is 0.353 e. The molecule has 114 valence electrons. The van der Waals surface area contributed by atoms with E-state index in [1.54, 1.807) is 0 Å². The summed E-state index contributed by atoms with van der Waals surface area (Å²) in [6.45, 7) is 8.36. The van der Waals surface area contributed by atoms with Gasteiger partial charge in [-0.15, -0.1) is 0 Å². The van der Waals surface area contributed by atoms with Crippen LogP contribution in [0.25, 0.3) is 0 Å². The summed E-state index contributed by atoms with van der Waals surface area (Å²) in [6, 6.07) is 0. The second-order valence-corrected chi connectivity index (χ2v) is 6.48. The first-order chi connectivity index (χ1) is 9.26. The topological polar surface area (TPSA) is 55.4 Å². The monoisotopic (exact) mass is 304 g/mol. The zero-order chi connectivity index (χ0) is 14.5. The molecule has 7 heteroatoms. The van der Waals surface area contributed by atoms with Crippen LogP contribution in [0.5, 0.6) is 0 Å². The van der Waals surface area contributed by atoms with Gasteiger partial charge < -0.3 is 28.4 Å². The predicted molar refractivity (Wildman–Crippen MR) is 72.2 cm³/mol. The van der Waals surface area contributed by atoms with E-state index in [0.29, 0.717) is 13.2 Å². The zero-order valence-corrected chi connectivity index (χ0v) is 12.9. The van der Waals surface area contributed by atoms with Gasteiger partial charge in [0.25, 0.3) is 0 Å². The molecule has 0 aromatic carbocycles. The van der Waals surface area contributed by atoms with E-state index >= 15 is 0 Å². The summed E-state index contributed by atoms with van der Waals surface area (Å²) in [4.78, 5) is 0. The fourth-order valence-corrected chi connectivity index (χ4v) is 2.94. The highest BCUT2D eigenvalue weighted by Crippen LogP contribution is 2.35. The highest BCUT2D eigenvalue weighted by atomic mass is 32.1. The highest BCUT2D eigenvalue weighted by Gasteiger charge is 2.52. The zero-order valence-electron chi connectivity index (χ0n) is 12.1. The molecule has 20 heavy (non-hydrogen) atoms. The quantitative estimate of drug-likeness (QED) is 0.714. The summed E-state index contributed by atoms with van der Waals surface area (Å²) in [7, 11) is 0. The Hall–Kier alpha value is -0.470. The van der Waals surface area contributed by atoms with Crippen LogP contribution in [0.1, 0.15) is 27.7 Å². The van der Waals surface area contributed by atoms with Gasteiger partial charge in [-0.25, -0.2) is 0 Å². The Morgan fingerprint density at radius 3 is 1.55 bits per heavy atom. The van der Waals surface area contributed by atoms with Crippen molar-refractivity contribution < 1.29 is 28.4 Å². The van der Waals surface area contributed by atoms with Gasteiger partial charge in [-0.1, -0.05) is 0 Å². The Bertz CT molecular complexity index is 374. The molecule has 0 saturated carbocycles. The van der Waals surface area contributed by atoms with Crippen molar-refractivity contribution in [3.05, 3.63) is 0 Å². The average molecular weight is 304 g/mol. The summed E-state index contributed by atoms with van der Waals surface area (Å²) in [5.74, 6) is -1.23. The van der Waals surface area contributed by atoms with Crippen LogP contribution in [0, 0.1) is 0 Å². The molecule has 0 aromatic rings. The Morgan fingerprint density at radius 1 is 0.850 bits per heavy atom. The summed E-state index contributed by atoms with van der Waals surface area (Å²) in [5, 5.41) is 0.126. The van der Waals surface area contributed by atoms with Crippen molar-refractivity contribution in [2.45, 2.75) is 63.7 Å². The SMILES string of the molecule is CC1(C)OC[C@H]([C@H]2OC(=S)O[C@@H]2[C@H]2COC(C)(C)O2)O1. The third-order valence-electron chi connectivity index (χ3n) is 3.58. The molecule has 0 aliphatic carbocycles. The normalized spacial score (nSPS) is 42.5. The fraction of sp³-hybridized carbons (Fsp3) is 0.923. The van der Waals surface area contributed by atoms with Crippen molar-refractivity contribution in [3.8, 4) is 0 Å². The largest absolute Gasteiger partial charge is 0.447 e. The van der Waals surface area contributed by atoms with Crippen LogP contribution in [0.4, 0.5) is 0 Å². The van der Waals surface area contributed by atoms with Crippen LogP contribution in [-0.2, 0) is 28.4 Å². The fourth-order valence-electron chi connectivity index (χ4n) is 2.71. The average Bonchev–Trinajstić information content (AvgIpc) is 2.96. The Balaban J connectivity index is 1.71. The van der Waals surface area contributed by atoms with Crippen molar-refractivity contribution in [1.29, 1.82) is 0 Å². The molecule has 6 nitrogen and oxygen atoms in total. The summed E-state index contributed by atoms with van der Waals surface area (Å²) < 4.78 is 34.0. The summed E-state index contributed by atoms with van der Waals surface area (Å²) >= 11 is 5.02. The molecule has 0 spiro atoms. The Morgan fingerprint density at radius 2 is 1.25 bits per heavy atom. The van der Waals surface area contributed by atoms with Crippen LogP contribution in [0.2, 0.25) is 0 Å². The molecule has 0 bridgehead atoms. The van der Waals surface area contributed by atoms with E-state index < -0.39 is 11.6 Å². The van der Waals surface area contributed by atoms with Crippen molar-refractivity contribution in [2.24, 2.45) is 0 Å². The van der Waals surface area contributed by atoms with Gasteiger partial charge in [0, 0.05) is 12.2 Å². The van der Waals surface area contributed by atoms with E-state index in [-0.39, 0.29) is 29.7 Å². The van der Waals surface area contributed by atoms with E-state index in [1.807, 2.05) is 27.7 Å². The van der Waals surface area contributed by atoms with E-state index in [0.717, 1.165) is 0 Å². The van der Waals surface area contributed by atoms with Crippen molar-refractivity contribution in [1.82, 2.24) is 0 Å². The maximum absolute atomic E-state index is 5.84. The highest BCUT2D eigenvalue weighted by molar-refractivity contribution is 7.79. The third-order valence-corrected chi connectivity index (χ3v) is 3.77. The molecule has 3 rings (SSSR count). The second kappa shape index (κ2) is 4.78. The molecule has 0 N–H and O–H groups in total. The predicted octanol–water partition coefficient (Wildman–Crippen LogP) is 1.36.